The quantitative estimate of drug-likeness (QED) is 0.594. The molecule has 27 heavy (non-hydrogen) atoms. The van der Waals surface area contributed by atoms with Crippen molar-refractivity contribution in [3.05, 3.63) is 35.5 Å². The molecule has 9 heteroatoms. The first-order valence-electron chi connectivity index (χ1n) is 8.40. The third-order valence-electron chi connectivity index (χ3n) is 3.59. The van der Waals surface area contributed by atoms with E-state index < -0.39 is 6.10 Å². The number of nitrogens with zero attached hydrogens (tertiary/aromatic N) is 2. The van der Waals surface area contributed by atoms with E-state index in [2.05, 4.69) is 15.5 Å². The van der Waals surface area contributed by atoms with E-state index in [0.717, 1.165) is 0 Å². The molecule has 2 rings (SSSR count). The van der Waals surface area contributed by atoms with Crippen molar-refractivity contribution in [2.24, 2.45) is 0 Å². The normalized spacial score (nSPS) is 12.9. The molecule has 148 valence electrons. The third kappa shape index (κ3) is 6.74. The molecule has 1 heterocycles. The second kappa shape index (κ2) is 10.8. The van der Waals surface area contributed by atoms with Gasteiger partial charge in [0, 0.05) is 18.7 Å². The summed E-state index contributed by atoms with van der Waals surface area (Å²) in [4.78, 5) is 0. The fraction of sp³-hybridized carbons (Fsp3) is 0.444. The zero-order chi connectivity index (χ0) is 19.6. The SMILES string of the molecule is COc1cccc(OC)c1OCC(C)NCC(O)COc1ccc(Cl)nn1. The van der Waals surface area contributed by atoms with Crippen LogP contribution in [0.2, 0.25) is 5.15 Å². The number of hydrogen-bond acceptors (Lipinski definition) is 8. The average molecular weight is 398 g/mol. The van der Waals surface area contributed by atoms with Crippen LogP contribution in [0.4, 0.5) is 0 Å². The van der Waals surface area contributed by atoms with Crippen LogP contribution in [0.25, 0.3) is 0 Å². The monoisotopic (exact) mass is 397 g/mol. The summed E-state index contributed by atoms with van der Waals surface area (Å²) in [6.45, 7) is 2.72. The van der Waals surface area contributed by atoms with Gasteiger partial charge < -0.3 is 29.4 Å². The minimum atomic E-state index is -0.717. The Morgan fingerprint density at radius 1 is 1.04 bits per heavy atom. The number of hydrogen-bond donors (Lipinski definition) is 2. The summed E-state index contributed by atoms with van der Waals surface area (Å²) in [7, 11) is 3.15. The number of benzene rings is 1. The first kappa shape index (κ1) is 21.0. The topological polar surface area (TPSA) is 95.0 Å². The lowest BCUT2D eigenvalue weighted by atomic mass is 10.3. The van der Waals surface area contributed by atoms with Gasteiger partial charge in [0.25, 0.3) is 0 Å². The van der Waals surface area contributed by atoms with Crippen molar-refractivity contribution >= 4 is 11.6 Å². The van der Waals surface area contributed by atoms with E-state index >= 15 is 0 Å². The van der Waals surface area contributed by atoms with Crippen LogP contribution < -0.4 is 24.3 Å². The number of halogens is 1. The van der Waals surface area contributed by atoms with Gasteiger partial charge in [-0.1, -0.05) is 17.7 Å². The number of aromatic nitrogens is 2. The van der Waals surface area contributed by atoms with Crippen molar-refractivity contribution in [3.63, 3.8) is 0 Å². The summed E-state index contributed by atoms with van der Waals surface area (Å²) >= 11 is 5.65. The maximum absolute atomic E-state index is 10.0. The van der Waals surface area contributed by atoms with Crippen LogP contribution in [0.3, 0.4) is 0 Å². The predicted molar refractivity (Wildman–Crippen MR) is 101 cm³/mol. The largest absolute Gasteiger partial charge is 0.493 e. The number of ether oxygens (including phenoxy) is 4. The second-order valence-corrected chi connectivity index (χ2v) is 6.16. The molecular formula is C18H24ClN3O5. The van der Waals surface area contributed by atoms with E-state index in [9.17, 15) is 5.11 Å². The lowest BCUT2D eigenvalue weighted by molar-refractivity contribution is 0.0985. The second-order valence-electron chi connectivity index (χ2n) is 5.77. The first-order chi connectivity index (χ1) is 13.0. The smallest absolute Gasteiger partial charge is 0.233 e. The summed E-state index contributed by atoms with van der Waals surface area (Å²) in [5.74, 6) is 2.04. The highest BCUT2D eigenvalue weighted by Crippen LogP contribution is 2.36. The first-order valence-corrected chi connectivity index (χ1v) is 8.78. The lowest BCUT2D eigenvalue weighted by Crippen LogP contribution is -2.39. The van der Waals surface area contributed by atoms with Crippen LogP contribution in [-0.2, 0) is 0 Å². The van der Waals surface area contributed by atoms with Crippen molar-refractivity contribution < 1.29 is 24.1 Å². The fourth-order valence-electron chi connectivity index (χ4n) is 2.19. The number of para-hydroxylation sites is 1. The molecule has 0 saturated heterocycles. The fourth-order valence-corrected chi connectivity index (χ4v) is 2.29. The van der Waals surface area contributed by atoms with E-state index in [1.165, 1.54) is 0 Å². The molecule has 0 aliphatic carbocycles. The molecule has 0 aliphatic heterocycles. The van der Waals surface area contributed by atoms with Crippen molar-refractivity contribution in [3.8, 4) is 23.1 Å². The molecule has 1 aromatic heterocycles. The summed E-state index contributed by atoms with van der Waals surface area (Å²) in [6.07, 6.45) is -0.717. The Morgan fingerprint density at radius 2 is 1.74 bits per heavy atom. The van der Waals surface area contributed by atoms with Gasteiger partial charge in [-0.25, -0.2) is 0 Å². The number of aliphatic hydroxyl groups is 1. The van der Waals surface area contributed by atoms with Crippen molar-refractivity contribution in [1.29, 1.82) is 0 Å². The standard InChI is InChI=1S/C18H24ClN3O5/c1-12(10-27-18-14(24-2)5-4-6-15(18)25-3)20-9-13(23)11-26-17-8-7-16(19)21-22-17/h4-8,12-13,20,23H,9-11H2,1-3H3. The molecular weight excluding hydrogens is 374 g/mol. The molecule has 2 N–H and O–H groups in total. The highest BCUT2D eigenvalue weighted by Gasteiger charge is 2.14. The number of nitrogens with one attached hydrogen (secondary N) is 1. The number of methoxy groups -OCH3 is 2. The van der Waals surface area contributed by atoms with E-state index in [1.54, 1.807) is 38.5 Å². The molecule has 0 radical (unpaired) electrons. The van der Waals surface area contributed by atoms with Gasteiger partial charge in [0.1, 0.15) is 19.3 Å². The number of aliphatic hydroxyl groups excluding tert-OH is 1. The van der Waals surface area contributed by atoms with Gasteiger partial charge >= 0.3 is 0 Å². The van der Waals surface area contributed by atoms with Gasteiger partial charge in [-0.2, -0.15) is 0 Å². The minimum Gasteiger partial charge on any atom is -0.493 e. The molecule has 0 amide bonds. The lowest BCUT2D eigenvalue weighted by Gasteiger charge is -2.19. The molecule has 0 fully saturated rings. The zero-order valence-electron chi connectivity index (χ0n) is 15.5. The Balaban J connectivity index is 1.74. The maximum Gasteiger partial charge on any atom is 0.233 e. The Bertz CT molecular complexity index is 680. The van der Waals surface area contributed by atoms with Crippen LogP contribution >= 0.6 is 11.6 Å². The molecule has 0 spiro atoms. The molecule has 1 aromatic carbocycles. The van der Waals surface area contributed by atoms with Gasteiger partial charge in [-0.05, 0) is 25.1 Å². The van der Waals surface area contributed by atoms with E-state index in [-0.39, 0.29) is 17.8 Å². The molecule has 0 bridgehead atoms. The minimum absolute atomic E-state index is 0.0235. The Kier molecular flexibility index (Phi) is 8.38. The predicted octanol–water partition coefficient (Wildman–Crippen LogP) is 1.94. The average Bonchev–Trinajstić information content (AvgIpc) is 2.69. The van der Waals surface area contributed by atoms with Crippen molar-refractivity contribution in [1.82, 2.24) is 15.5 Å². The van der Waals surface area contributed by atoms with Gasteiger partial charge in [0.05, 0.1) is 14.2 Å². The van der Waals surface area contributed by atoms with Crippen LogP contribution in [0.5, 0.6) is 23.1 Å². The molecule has 2 unspecified atom stereocenters. The van der Waals surface area contributed by atoms with Crippen LogP contribution in [0.15, 0.2) is 30.3 Å². The Hall–Kier alpha value is -2.29. The van der Waals surface area contributed by atoms with Crippen LogP contribution in [-0.4, -0.2) is 61.4 Å². The summed E-state index contributed by atoms with van der Waals surface area (Å²) in [5.41, 5.74) is 0. The number of rotatable bonds is 11. The highest BCUT2D eigenvalue weighted by molar-refractivity contribution is 6.29. The molecule has 0 saturated carbocycles. The molecule has 2 aromatic rings. The molecule has 8 nitrogen and oxygen atoms in total. The van der Waals surface area contributed by atoms with E-state index in [4.69, 9.17) is 30.5 Å². The maximum atomic E-state index is 10.0. The van der Waals surface area contributed by atoms with Crippen molar-refractivity contribution in [2.75, 3.05) is 34.0 Å². The van der Waals surface area contributed by atoms with E-state index in [0.29, 0.717) is 36.3 Å². The van der Waals surface area contributed by atoms with Gasteiger partial charge in [-0.15, -0.1) is 10.2 Å². The Morgan fingerprint density at radius 3 is 2.33 bits per heavy atom. The Labute approximate surface area is 163 Å². The van der Waals surface area contributed by atoms with E-state index in [1.807, 2.05) is 13.0 Å². The van der Waals surface area contributed by atoms with Crippen LogP contribution in [0, 0.1) is 0 Å². The molecule has 0 aliphatic rings. The summed E-state index contributed by atoms with van der Waals surface area (Å²) in [6, 6.07) is 8.57. The summed E-state index contributed by atoms with van der Waals surface area (Å²) < 4.78 is 21.8. The van der Waals surface area contributed by atoms with Gasteiger partial charge in [-0.3, -0.25) is 0 Å². The zero-order valence-corrected chi connectivity index (χ0v) is 16.3. The van der Waals surface area contributed by atoms with Gasteiger partial charge in [0.15, 0.2) is 16.7 Å². The third-order valence-corrected chi connectivity index (χ3v) is 3.79. The van der Waals surface area contributed by atoms with Crippen molar-refractivity contribution in [2.45, 2.75) is 19.1 Å². The summed E-state index contributed by atoms with van der Waals surface area (Å²) in [5, 5.41) is 20.9. The molecule has 2 atom stereocenters. The highest BCUT2D eigenvalue weighted by atomic mass is 35.5. The van der Waals surface area contributed by atoms with Crippen LogP contribution in [0.1, 0.15) is 6.92 Å². The van der Waals surface area contributed by atoms with Gasteiger partial charge in [0.2, 0.25) is 11.6 Å².